The molecular weight excluding hydrogens is 306 g/mol. The Morgan fingerprint density at radius 1 is 1.33 bits per heavy atom. The molecule has 126 valence electrons. The lowest BCUT2D eigenvalue weighted by atomic mass is 10.2. The first-order valence-electron chi connectivity index (χ1n) is 8.47. The molecule has 6 nitrogen and oxygen atoms in total. The molecule has 2 aliphatic rings. The van der Waals surface area contributed by atoms with Crippen molar-refractivity contribution in [2.45, 2.75) is 31.8 Å². The molecule has 2 heterocycles. The summed E-state index contributed by atoms with van der Waals surface area (Å²) in [6, 6.07) is 9.48. The lowest BCUT2D eigenvalue weighted by Gasteiger charge is -2.30. The van der Waals surface area contributed by atoms with Crippen LogP contribution in [0.3, 0.4) is 0 Å². The normalized spacial score (nSPS) is 19.1. The summed E-state index contributed by atoms with van der Waals surface area (Å²) in [7, 11) is 0. The number of nitrogens with zero attached hydrogens (tertiary/aromatic N) is 2. The molecule has 1 aromatic carbocycles. The number of ether oxygens (including phenoxy) is 2. The van der Waals surface area contributed by atoms with E-state index in [2.05, 4.69) is 10.2 Å². The van der Waals surface area contributed by atoms with Gasteiger partial charge in [0.1, 0.15) is 12.3 Å². The highest BCUT2D eigenvalue weighted by Crippen LogP contribution is 2.39. The van der Waals surface area contributed by atoms with E-state index in [9.17, 15) is 4.79 Å². The van der Waals surface area contributed by atoms with Crippen molar-refractivity contribution >= 4 is 5.91 Å². The summed E-state index contributed by atoms with van der Waals surface area (Å²) in [6.07, 6.45) is 2.19. The molecule has 1 N–H and O–H groups in total. The van der Waals surface area contributed by atoms with E-state index in [1.807, 2.05) is 37.3 Å². The number of carbonyl (C=O) groups excluding carboxylic acids is 1. The highest BCUT2D eigenvalue weighted by molar-refractivity contribution is 5.92. The van der Waals surface area contributed by atoms with E-state index >= 15 is 0 Å². The van der Waals surface area contributed by atoms with Crippen molar-refractivity contribution < 1.29 is 14.3 Å². The van der Waals surface area contributed by atoms with Crippen molar-refractivity contribution in [3.05, 3.63) is 41.7 Å². The number of aromatic amines is 1. The van der Waals surface area contributed by atoms with Gasteiger partial charge in [0, 0.05) is 18.2 Å². The summed E-state index contributed by atoms with van der Waals surface area (Å²) in [5, 5.41) is 7.18. The van der Waals surface area contributed by atoms with Gasteiger partial charge in [0.05, 0.1) is 6.54 Å². The number of hydrogen-bond acceptors (Lipinski definition) is 4. The predicted molar refractivity (Wildman–Crippen MR) is 88.5 cm³/mol. The molecule has 2 aromatic rings. The summed E-state index contributed by atoms with van der Waals surface area (Å²) in [5.74, 6) is 1.97. The molecule has 1 fully saturated rings. The summed E-state index contributed by atoms with van der Waals surface area (Å²) >= 11 is 0. The largest absolute Gasteiger partial charge is 0.486 e. The summed E-state index contributed by atoms with van der Waals surface area (Å²) in [5.41, 5.74) is 1.55. The van der Waals surface area contributed by atoms with Gasteiger partial charge in [0.15, 0.2) is 17.6 Å². The van der Waals surface area contributed by atoms with E-state index in [1.165, 1.54) is 12.8 Å². The van der Waals surface area contributed by atoms with Gasteiger partial charge in [-0.15, -0.1) is 0 Å². The van der Waals surface area contributed by atoms with Crippen LogP contribution in [0.1, 0.15) is 41.9 Å². The second-order valence-electron chi connectivity index (χ2n) is 6.32. The van der Waals surface area contributed by atoms with E-state index in [1.54, 1.807) is 4.90 Å². The van der Waals surface area contributed by atoms with Gasteiger partial charge in [-0.3, -0.25) is 9.89 Å². The smallest absolute Gasteiger partial charge is 0.274 e. The SMILES string of the molecule is CCN(CC1COc2ccccc2O1)C(=O)c1cc(C2CC2)[nH]n1. The van der Waals surface area contributed by atoms with Crippen LogP contribution in [-0.4, -0.2) is 46.8 Å². The molecule has 4 rings (SSSR count). The van der Waals surface area contributed by atoms with Crippen molar-refractivity contribution in [3.63, 3.8) is 0 Å². The number of H-pyrrole nitrogens is 1. The van der Waals surface area contributed by atoms with Crippen LogP contribution < -0.4 is 9.47 Å². The fraction of sp³-hybridized carbons (Fsp3) is 0.444. The molecule has 0 spiro atoms. The zero-order chi connectivity index (χ0) is 16.5. The van der Waals surface area contributed by atoms with Crippen LogP contribution in [-0.2, 0) is 0 Å². The number of para-hydroxylation sites is 2. The summed E-state index contributed by atoms with van der Waals surface area (Å²) < 4.78 is 11.7. The van der Waals surface area contributed by atoms with Crippen molar-refractivity contribution in [1.82, 2.24) is 15.1 Å². The van der Waals surface area contributed by atoms with E-state index < -0.39 is 0 Å². The van der Waals surface area contributed by atoms with Crippen LogP contribution in [0.5, 0.6) is 11.5 Å². The predicted octanol–water partition coefficient (Wildman–Crippen LogP) is 2.59. The van der Waals surface area contributed by atoms with Gasteiger partial charge < -0.3 is 14.4 Å². The maximum atomic E-state index is 12.7. The fourth-order valence-electron chi connectivity index (χ4n) is 2.97. The van der Waals surface area contributed by atoms with E-state index in [-0.39, 0.29) is 12.0 Å². The van der Waals surface area contributed by atoms with E-state index in [4.69, 9.17) is 9.47 Å². The number of amides is 1. The van der Waals surface area contributed by atoms with Crippen LogP contribution in [0.15, 0.2) is 30.3 Å². The Hall–Kier alpha value is -2.50. The minimum Gasteiger partial charge on any atom is -0.486 e. The highest BCUT2D eigenvalue weighted by Gasteiger charge is 2.29. The number of nitrogens with one attached hydrogen (secondary N) is 1. The number of aromatic nitrogens is 2. The Morgan fingerprint density at radius 2 is 2.12 bits per heavy atom. The molecule has 1 amide bonds. The third-order valence-corrected chi connectivity index (χ3v) is 4.49. The van der Waals surface area contributed by atoms with Gasteiger partial charge in [-0.2, -0.15) is 5.10 Å². The van der Waals surface area contributed by atoms with Crippen LogP contribution in [0, 0.1) is 0 Å². The van der Waals surface area contributed by atoms with Gasteiger partial charge in [-0.1, -0.05) is 12.1 Å². The highest BCUT2D eigenvalue weighted by atomic mass is 16.6. The monoisotopic (exact) mass is 327 g/mol. The molecule has 1 aromatic heterocycles. The second kappa shape index (κ2) is 6.19. The third-order valence-electron chi connectivity index (χ3n) is 4.49. The molecule has 6 heteroatoms. The van der Waals surface area contributed by atoms with Gasteiger partial charge in [-0.25, -0.2) is 0 Å². The Bertz CT molecular complexity index is 739. The van der Waals surface area contributed by atoms with Gasteiger partial charge in [0.25, 0.3) is 5.91 Å². The van der Waals surface area contributed by atoms with E-state index in [0.29, 0.717) is 31.3 Å². The molecule has 1 unspecified atom stereocenters. The first kappa shape index (κ1) is 15.1. The maximum absolute atomic E-state index is 12.7. The number of carbonyl (C=O) groups is 1. The molecule has 0 radical (unpaired) electrons. The number of benzene rings is 1. The first-order valence-corrected chi connectivity index (χ1v) is 8.47. The standard InChI is InChI=1S/C18H21N3O3/c1-2-21(18(22)15-9-14(19-20-15)12-7-8-12)10-13-11-23-16-5-3-4-6-17(16)24-13/h3-6,9,12-13H,2,7-8,10-11H2,1H3,(H,19,20). The van der Waals surface area contributed by atoms with Crippen molar-refractivity contribution in [3.8, 4) is 11.5 Å². The Morgan fingerprint density at radius 3 is 2.88 bits per heavy atom. The molecule has 1 saturated carbocycles. The zero-order valence-electron chi connectivity index (χ0n) is 13.7. The maximum Gasteiger partial charge on any atom is 0.274 e. The minimum absolute atomic E-state index is 0.0666. The molecule has 0 bridgehead atoms. The number of likely N-dealkylation sites (N-methyl/N-ethyl adjacent to an activating group) is 1. The lowest BCUT2D eigenvalue weighted by Crippen LogP contribution is -2.43. The zero-order valence-corrected chi connectivity index (χ0v) is 13.7. The third kappa shape index (κ3) is 2.96. The quantitative estimate of drug-likeness (QED) is 0.916. The van der Waals surface area contributed by atoms with Crippen molar-refractivity contribution in [1.29, 1.82) is 0 Å². The topological polar surface area (TPSA) is 67.5 Å². The molecule has 24 heavy (non-hydrogen) atoms. The number of hydrogen-bond donors (Lipinski definition) is 1. The molecule has 1 aliphatic heterocycles. The van der Waals surface area contributed by atoms with Crippen LogP contribution in [0.4, 0.5) is 0 Å². The average Bonchev–Trinajstić information content (AvgIpc) is 3.36. The Labute approximate surface area is 140 Å². The Balaban J connectivity index is 1.43. The van der Waals surface area contributed by atoms with E-state index in [0.717, 1.165) is 17.2 Å². The van der Waals surface area contributed by atoms with Gasteiger partial charge in [-0.05, 0) is 38.0 Å². The van der Waals surface area contributed by atoms with Gasteiger partial charge >= 0.3 is 0 Å². The fourth-order valence-corrected chi connectivity index (χ4v) is 2.97. The molecule has 0 saturated heterocycles. The van der Waals surface area contributed by atoms with Crippen molar-refractivity contribution in [2.24, 2.45) is 0 Å². The van der Waals surface area contributed by atoms with Crippen molar-refractivity contribution in [2.75, 3.05) is 19.7 Å². The number of rotatable bonds is 5. The molecular formula is C18H21N3O3. The van der Waals surface area contributed by atoms with Crippen LogP contribution in [0.25, 0.3) is 0 Å². The van der Waals surface area contributed by atoms with Gasteiger partial charge in [0.2, 0.25) is 0 Å². The second-order valence-corrected chi connectivity index (χ2v) is 6.32. The summed E-state index contributed by atoms with van der Waals surface area (Å²) in [4.78, 5) is 14.5. The van der Waals surface area contributed by atoms with Crippen LogP contribution in [0.2, 0.25) is 0 Å². The number of fused-ring (bicyclic) bond motifs is 1. The van der Waals surface area contributed by atoms with Crippen LogP contribution >= 0.6 is 0 Å². The first-order chi connectivity index (χ1) is 11.7. The summed E-state index contributed by atoms with van der Waals surface area (Å²) in [6.45, 7) is 3.49. The molecule has 1 atom stereocenters. The average molecular weight is 327 g/mol. The Kier molecular flexibility index (Phi) is 3.88. The lowest BCUT2D eigenvalue weighted by molar-refractivity contribution is 0.0471. The minimum atomic E-state index is -0.175. The molecule has 1 aliphatic carbocycles.